The van der Waals surface area contributed by atoms with Crippen LogP contribution in [0.3, 0.4) is 0 Å². The van der Waals surface area contributed by atoms with Crippen molar-refractivity contribution in [3.63, 3.8) is 0 Å². The summed E-state index contributed by atoms with van der Waals surface area (Å²) in [6, 6.07) is 2.44. The fourth-order valence-corrected chi connectivity index (χ4v) is 1.65. The summed E-state index contributed by atoms with van der Waals surface area (Å²) in [5.41, 5.74) is 0.364. The molecule has 2 aromatic heterocycles. The first kappa shape index (κ1) is 12.5. The number of hydrogen-bond donors (Lipinski definition) is 2. The van der Waals surface area contributed by atoms with E-state index in [1.54, 1.807) is 0 Å². The van der Waals surface area contributed by atoms with Gasteiger partial charge < -0.3 is 14.9 Å². The molecule has 0 bridgehead atoms. The molecular weight excluding hydrogens is 275 g/mol. The van der Waals surface area contributed by atoms with E-state index in [2.05, 4.69) is 14.2 Å². The molecule has 2 heterocycles. The van der Waals surface area contributed by atoms with E-state index in [9.17, 15) is 21.6 Å². The Morgan fingerprint density at radius 3 is 2.61 bits per heavy atom. The van der Waals surface area contributed by atoms with Crippen LogP contribution < -0.4 is 9.92 Å². The number of anilines is 1. The van der Waals surface area contributed by atoms with Gasteiger partial charge in [-0.2, -0.15) is 21.6 Å². The minimum absolute atomic E-state index is 0.266. The number of pyridine rings is 1. The Balaban J connectivity index is 2.38. The first-order chi connectivity index (χ1) is 8.19. The lowest BCUT2D eigenvalue weighted by molar-refractivity contribution is -0.0501. The molecule has 0 aliphatic carbocycles. The number of hydrogen-bond acceptors (Lipinski definition) is 5. The topological polar surface area (TPSA) is 98.1 Å². The number of nitrogens with zero attached hydrogens (tertiary/aromatic N) is 1. The van der Waals surface area contributed by atoms with E-state index in [0.717, 1.165) is 12.3 Å². The number of rotatable bonds is 2. The number of halogens is 3. The van der Waals surface area contributed by atoms with Crippen molar-refractivity contribution < 1.29 is 25.8 Å². The molecule has 6 nitrogen and oxygen atoms in total. The average Bonchev–Trinajstić information content (AvgIpc) is 2.54. The van der Waals surface area contributed by atoms with Crippen LogP contribution in [0.4, 0.5) is 19.0 Å². The predicted molar refractivity (Wildman–Crippen MR) is 56.1 cm³/mol. The average molecular weight is 281 g/mol. The molecule has 0 aromatic carbocycles. The number of alkyl halides is 3. The molecular formula is C8H6F3N3O3S. The molecule has 0 fully saturated rings. The molecule has 98 valence electrons. The highest BCUT2D eigenvalue weighted by Gasteiger charge is 2.48. The van der Waals surface area contributed by atoms with Gasteiger partial charge >= 0.3 is 15.6 Å². The van der Waals surface area contributed by atoms with E-state index in [1.807, 2.05) is 0 Å². The summed E-state index contributed by atoms with van der Waals surface area (Å²) in [4.78, 5) is 6.10. The van der Waals surface area contributed by atoms with Crippen molar-refractivity contribution in [3.8, 4) is 5.88 Å². The molecule has 0 saturated heterocycles. The maximum atomic E-state index is 12.1. The number of nitrogen functional groups attached to an aromatic ring is 1. The van der Waals surface area contributed by atoms with Gasteiger partial charge in [-0.3, -0.25) is 0 Å². The van der Waals surface area contributed by atoms with Gasteiger partial charge in [0.1, 0.15) is 5.82 Å². The van der Waals surface area contributed by atoms with Crippen molar-refractivity contribution in [1.29, 1.82) is 0 Å². The molecule has 0 amide bonds. The first-order valence-electron chi connectivity index (χ1n) is 4.44. The normalized spacial score (nSPS) is 12.8. The highest BCUT2D eigenvalue weighted by molar-refractivity contribution is 7.87. The maximum Gasteiger partial charge on any atom is 0.534 e. The van der Waals surface area contributed by atoms with Crippen molar-refractivity contribution in [2.24, 2.45) is 0 Å². The Bertz CT molecular complexity index is 692. The molecule has 2 aromatic rings. The number of nitrogens with two attached hydrogens (primary N) is 1. The second-order valence-corrected chi connectivity index (χ2v) is 4.86. The Kier molecular flexibility index (Phi) is 2.61. The summed E-state index contributed by atoms with van der Waals surface area (Å²) < 4.78 is 61.6. The molecule has 0 radical (unpaired) electrons. The number of aromatic nitrogens is 2. The van der Waals surface area contributed by atoms with Gasteiger partial charge in [0.05, 0.1) is 11.7 Å². The molecule has 0 unspecified atom stereocenters. The SMILES string of the molecule is Nc1cc2cc(OS(=O)(=O)C(F)(F)F)ncc2[nH]1. The summed E-state index contributed by atoms with van der Waals surface area (Å²) in [6.07, 6.45) is 1.12. The van der Waals surface area contributed by atoms with Gasteiger partial charge in [0.25, 0.3) is 0 Å². The van der Waals surface area contributed by atoms with Crippen molar-refractivity contribution in [3.05, 3.63) is 18.3 Å². The third-order valence-corrected chi connectivity index (χ3v) is 2.94. The fraction of sp³-hybridized carbons (Fsp3) is 0.125. The van der Waals surface area contributed by atoms with Crippen molar-refractivity contribution in [1.82, 2.24) is 9.97 Å². The van der Waals surface area contributed by atoms with E-state index in [-0.39, 0.29) is 5.82 Å². The number of fused-ring (bicyclic) bond motifs is 1. The van der Waals surface area contributed by atoms with E-state index in [1.165, 1.54) is 6.07 Å². The molecule has 3 N–H and O–H groups in total. The van der Waals surface area contributed by atoms with Crippen LogP contribution >= 0.6 is 0 Å². The summed E-state index contributed by atoms with van der Waals surface area (Å²) in [5.74, 6) is -0.415. The number of nitrogens with one attached hydrogen (secondary N) is 1. The monoisotopic (exact) mass is 281 g/mol. The molecule has 0 saturated carbocycles. The van der Waals surface area contributed by atoms with Crippen molar-refractivity contribution in [2.45, 2.75) is 5.51 Å². The van der Waals surface area contributed by atoms with E-state index >= 15 is 0 Å². The summed E-state index contributed by atoms with van der Waals surface area (Å²) in [5, 5.41) is 0.384. The lowest BCUT2D eigenvalue weighted by Gasteiger charge is -2.08. The van der Waals surface area contributed by atoms with Crippen LogP contribution in [0, 0.1) is 0 Å². The third-order valence-electron chi connectivity index (χ3n) is 1.98. The van der Waals surface area contributed by atoms with Gasteiger partial charge in [0.2, 0.25) is 5.88 Å². The van der Waals surface area contributed by atoms with Crippen LogP contribution in [-0.2, 0) is 10.1 Å². The van der Waals surface area contributed by atoms with E-state index < -0.39 is 21.5 Å². The standard InChI is InChI=1S/C8H6F3N3O3S/c9-8(10,11)18(15,16)17-7-2-4-1-6(12)14-5(4)3-13-7/h1-3,14H,12H2. The van der Waals surface area contributed by atoms with Crippen LogP contribution in [0.2, 0.25) is 0 Å². The van der Waals surface area contributed by atoms with Gasteiger partial charge in [-0.1, -0.05) is 0 Å². The zero-order valence-electron chi connectivity index (χ0n) is 8.52. The van der Waals surface area contributed by atoms with Gasteiger partial charge in [0, 0.05) is 11.5 Å². The summed E-state index contributed by atoms with van der Waals surface area (Å²) in [7, 11) is -5.72. The number of H-pyrrole nitrogens is 1. The van der Waals surface area contributed by atoms with E-state index in [4.69, 9.17) is 5.73 Å². The van der Waals surface area contributed by atoms with Gasteiger partial charge in [-0.15, -0.1) is 0 Å². The smallest absolute Gasteiger partial charge is 0.385 e. The number of aromatic amines is 1. The second-order valence-electron chi connectivity index (χ2n) is 3.32. The summed E-state index contributed by atoms with van der Waals surface area (Å²) >= 11 is 0. The molecule has 0 atom stereocenters. The zero-order chi connectivity index (χ0) is 13.6. The molecule has 0 aliphatic rings. The lowest BCUT2D eigenvalue weighted by atomic mass is 10.3. The Labute approximate surface area is 98.7 Å². The summed E-state index contributed by atoms with van der Waals surface area (Å²) in [6.45, 7) is 0. The zero-order valence-corrected chi connectivity index (χ0v) is 9.34. The van der Waals surface area contributed by atoms with Gasteiger partial charge in [0.15, 0.2) is 0 Å². The minimum atomic E-state index is -5.72. The Morgan fingerprint density at radius 1 is 1.33 bits per heavy atom. The largest absolute Gasteiger partial charge is 0.534 e. The van der Waals surface area contributed by atoms with Gasteiger partial charge in [-0.05, 0) is 6.07 Å². The predicted octanol–water partition coefficient (Wildman–Crippen LogP) is 1.37. The lowest BCUT2D eigenvalue weighted by Crippen LogP contribution is -2.28. The van der Waals surface area contributed by atoms with Crippen LogP contribution in [-0.4, -0.2) is 23.9 Å². The third kappa shape index (κ3) is 2.18. The highest BCUT2D eigenvalue weighted by Crippen LogP contribution is 2.27. The molecule has 18 heavy (non-hydrogen) atoms. The first-order valence-corrected chi connectivity index (χ1v) is 5.85. The quantitative estimate of drug-likeness (QED) is 0.640. The van der Waals surface area contributed by atoms with E-state index in [0.29, 0.717) is 10.9 Å². The van der Waals surface area contributed by atoms with Crippen LogP contribution in [0.1, 0.15) is 0 Å². The molecule has 10 heteroatoms. The van der Waals surface area contributed by atoms with Crippen LogP contribution in [0.5, 0.6) is 5.88 Å². The molecule has 0 aliphatic heterocycles. The Hall–Kier alpha value is -1.97. The van der Waals surface area contributed by atoms with Crippen LogP contribution in [0.25, 0.3) is 10.9 Å². The molecule has 2 rings (SSSR count). The maximum absolute atomic E-state index is 12.1. The van der Waals surface area contributed by atoms with Gasteiger partial charge in [-0.25, -0.2) is 4.98 Å². The Morgan fingerprint density at radius 2 is 2.00 bits per heavy atom. The van der Waals surface area contributed by atoms with Crippen LogP contribution in [0.15, 0.2) is 18.3 Å². The van der Waals surface area contributed by atoms with Crippen molar-refractivity contribution in [2.75, 3.05) is 5.73 Å². The molecule has 0 spiro atoms. The fourth-order valence-electron chi connectivity index (χ4n) is 1.24. The van der Waals surface area contributed by atoms with Crippen molar-refractivity contribution >= 4 is 26.8 Å². The highest BCUT2D eigenvalue weighted by atomic mass is 32.2. The second kappa shape index (κ2) is 3.77. The minimum Gasteiger partial charge on any atom is -0.385 e.